The molecule has 0 aromatic carbocycles. The summed E-state index contributed by atoms with van der Waals surface area (Å²) in [6.07, 6.45) is 2.61. The first-order valence-corrected chi connectivity index (χ1v) is 5.04. The molecule has 1 saturated heterocycles. The van der Waals surface area contributed by atoms with Gasteiger partial charge in [0.05, 0.1) is 12.2 Å². The van der Waals surface area contributed by atoms with E-state index in [1.54, 1.807) is 6.92 Å². The average Bonchev–Trinajstić information content (AvgIpc) is 2.52. The van der Waals surface area contributed by atoms with Crippen molar-refractivity contribution in [2.75, 3.05) is 13.1 Å². The summed E-state index contributed by atoms with van der Waals surface area (Å²) in [4.78, 5) is 12.9. The molecule has 0 bridgehead atoms. The van der Waals surface area contributed by atoms with Crippen molar-refractivity contribution in [3.05, 3.63) is 0 Å². The first-order chi connectivity index (χ1) is 6.13. The van der Waals surface area contributed by atoms with Crippen LogP contribution in [-0.2, 0) is 9.53 Å². The highest BCUT2D eigenvalue weighted by Crippen LogP contribution is 2.15. The number of amides is 1. The van der Waals surface area contributed by atoms with E-state index >= 15 is 0 Å². The molecule has 0 radical (unpaired) electrons. The molecule has 1 aliphatic heterocycles. The third-order valence-corrected chi connectivity index (χ3v) is 2.59. The lowest BCUT2D eigenvalue weighted by Crippen LogP contribution is -2.28. The Kier molecular flexibility index (Phi) is 3.72. The summed E-state index contributed by atoms with van der Waals surface area (Å²) in [5.74, 6) is 0.162. The van der Waals surface area contributed by atoms with Crippen LogP contribution in [0.1, 0.15) is 33.6 Å². The van der Waals surface area contributed by atoms with Gasteiger partial charge in [-0.2, -0.15) is 0 Å². The lowest BCUT2D eigenvalue weighted by Gasteiger charge is -2.17. The zero-order chi connectivity index (χ0) is 9.84. The molecule has 0 aromatic heterocycles. The van der Waals surface area contributed by atoms with E-state index in [1.807, 2.05) is 4.90 Å². The summed E-state index contributed by atoms with van der Waals surface area (Å²) >= 11 is 0. The molecule has 3 nitrogen and oxygen atoms in total. The fraction of sp³-hybridized carbons (Fsp3) is 0.900. The van der Waals surface area contributed by atoms with Crippen molar-refractivity contribution >= 4 is 5.91 Å². The van der Waals surface area contributed by atoms with E-state index in [0.717, 1.165) is 25.9 Å². The normalized spacial score (nSPS) is 24.8. The predicted octanol–water partition coefficient (Wildman–Crippen LogP) is 1.42. The van der Waals surface area contributed by atoms with Crippen molar-refractivity contribution in [1.29, 1.82) is 0 Å². The Morgan fingerprint density at radius 2 is 2.38 bits per heavy atom. The summed E-state index contributed by atoms with van der Waals surface area (Å²) in [5, 5.41) is 0. The second kappa shape index (κ2) is 4.61. The fourth-order valence-electron chi connectivity index (χ4n) is 1.55. The molecular weight excluding hydrogens is 166 g/mol. The van der Waals surface area contributed by atoms with Crippen LogP contribution in [0.15, 0.2) is 0 Å². The maximum Gasteiger partial charge on any atom is 0.219 e. The van der Waals surface area contributed by atoms with Crippen molar-refractivity contribution in [1.82, 2.24) is 4.90 Å². The number of carbonyl (C=O) groups excluding carboxylic acids is 1. The Morgan fingerprint density at radius 1 is 1.69 bits per heavy atom. The Hall–Kier alpha value is -0.570. The summed E-state index contributed by atoms with van der Waals surface area (Å²) in [6.45, 7) is 7.44. The molecule has 1 aliphatic rings. The molecule has 1 unspecified atom stereocenters. The van der Waals surface area contributed by atoms with Crippen LogP contribution in [-0.4, -0.2) is 36.1 Å². The second-order valence-electron chi connectivity index (χ2n) is 3.73. The van der Waals surface area contributed by atoms with E-state index in [-0.39, 0.29) is 12.0 Å². The molecule has 1 amide bonds. The summed E-state index contributed by atoms with van der Waals surface area (Å²) in [7, 11) is 0. The molecule has 1 rings (SSSR count). The maximum atomic E-state index is 11.0. The molecule has 76 valence electrons. The van der Waals surface area contributed by atoms with Gasteiger partial charge in [0, 0.05) is 20.0 Å². The van der Waals surface area contributed by atoms with Gasteiger partial charge in [0.15, 0.2) is 0 Å². The van der Waals surface area contributed by atoms with Crippen LogP contribution in [0.4, 0.5) is 0 Å². The summed E-state index contributed by atoms with van der Waals surface area (Å²) in [5.41, 5.74) is 0. The molecule has 3 heteroatoms. The minimum Gasteiger partial charge on any atom is -0.373 e. The molecule has 0 aromatic rings. The number of carbonyl (C=O) groups is 1. The van der Waals surface area contributed by atoms with E-state index in [0.29, 0.717) is 6.10 Å². The molecule has 1 fully saturated rings. The number of ether oxygens (including phenoxy) is 1. The SMILES string of the molecule is CCC(C)O[C@H]1CCN(C(C)=O)C1. The topological polar surface area (TPSA) is 29.5 Å². The smallest absolute Gasteiger partial charge is 0.219 e. The predicted molar refractivity (Wildman–Crippen MR) is 51.5 cm³/mol. The number of rotatable bonds is 3. The minimum atomic E-state index is 0.162. The van der Waals surface area contributed by atoms with Crippen molar-refractivity contribution in [2.45, 2.75) is 45.8 Å². The highest BCUT2D eigenvalue weighted by molar-refractivity contribution is 5.73. The van der Waals surface area contributed by atoms with E-state index in [4.69, 9.17) is 4.74 Å². The number of hydrogen-bond acceptors (Lipinski definition) is 2. The third-order valence-electron chi connectivity index (χ3n) is 2.59. The second-order valence-corrected chi connectivity index (χ2v) is 3.73. The standard InChI is InChI=1S/C10H19NO2/c1-4-8(2)13-10-5-6-11(7-10)9(3)12/h8,10H,4-7H2,1-3H3/t8?,10-/m0/s1. The summed E-state index contributed by atoms with van der Waals surface area (Å²) < 4.78 is 5.75. The van der Waals surface area contributed by atoms with Gasteiger partial charge in [-0.05, 0) is 19.8 Å². The van der Waals surface area contributed by atoms with Crippen LogP contribution in [0.25, 0.3) is 0 Å². The van der Waals surface area contributed by atoms with Crippen LogP contribution >= 0.6 is 0 Å². The zero-order valence-electron chi connectivity index (χ0n) is 8.75. The quantitative estimate of drug-likeness (QED) is 0.665. The molecule has 2 atom stereocenters. The van der Waals surface area contributed by atoms with Gasteiger partial charge in [-0.25, -0.2) is 0 Å². The van der Waals surface area contributed by atoms with Crippen molar-refractivity contribution < 1.29 is 9.53 Å². The van der Waals surface area contributed by atoms with Gasteiger partial charge in [0.25, 0.3) is 0 Å². The van der Waals surface area contributed by atoms with Crippen molar-refractivity contribution in [3.8, 4) is 0 Å². The Labute approximate surface area is 80.1 Å². The lowest BCUT2D eigenvalue weighted by atomic mass is 10.3. The maximum absolute atomic E-state index is 11.0. The Balaban J connectivity index is 2.29. The van der Waals surface area contributed by atoms with Crippen LogP contribution in [0.3, 0.4) is 0 Å². The zero-order valence-corrected chi connectivity index (χ0v) is 8.75. The van der Waals surface area contributed by atoms with Gasteiger partial charge in [0.1, 0.15) is 0 Å². The number of likely N-dealkylation sites (tertiary alicyclic amines) is 1. The van der Waals surface area contributed by atoms with Crippen molar-refractivity contribution in [3.63, 3.8) is 0 Å². The van der Waals surface area contributed by atoms with Crippen LogP contribution < -0.4 is 0 Å². The van der Waals surface area contributed by atoms with Gasteiger partial charge in [0.2, 0.25) is 5.91 Å². The van der Waals surface area contributed by atoms with E-state index in [9.17, 15) is 4.79 Å². The van der Waals surface area contributed by atoms with Crippen LogP contribution in [0, 0.1) is 0 Å². The monoisotopic (exact) mass is 185 g/mol. The Bertz CT molecular complexity index is 182. The van der Waals surface area contributed by atoms with Gasteiger partial charge in [-0.3, -0.25) is 4.79 Å². The van der Waals surface area contributed by atoms with Crippen LogP contribution in [0.5, 0.6) is 0 Å². The average molecular weight is 185 g/mol. The summed E-state index contributed by atoms with van der Waals surface area (Å²) in [6, 6.07) is 0. The van der Waals surface area contributed by atoms with Gasteiger partial charge in [-0.15, -0.1) is 0 Å². The molecular formula is C10H19NO2. The highest BCUT2D eigenvalue weighted by atomic mass is 16.5. The first kappa shape index (κ1) is 10.5. The number of hydrogen-bond donors (Lipinski definition) is 0. The molecule has 0 saturated carbocycles. The largest absolute Gasteiger partial charge is 0.373 e. The van der Waals surface area contributed by atoms with Crippen molar-refractivity contribution in [2.24, 2.45) is 0 Å². The minimum absolute atomic E-state index is 0.162. The van der Waals surface area contributed by atoms with Gasteiger partial charge < -0.3 is 9.64 Å². The molecule has 0 spiro atoms. The van der Waals surface area contributed by atoms with Gasteiger partial charge >= 0.3 is 0 Å². The Morgan fingerprint density at radius 3 is 2.85 bits per heavy atom. The van der Waals surface area contributed by atoms with E-state index in [2.05, 4.69) is 13.8 Å². The molecule has 0 aliphatic carbocycles. The first-order valence-electron chi connectivity index (χ1n) is 5.04. The molecule has 0 N–H and O–H groups in total. The number of nitrogens with zero attached hydrogens (tertiary/aromatic N) is 1. The lowest BCUT2D eigenvalue weighted by molar-refractivity contribution is -0.128. The van der Waals surface area contributed by atoms with Crippen LogP contribution in [0.2, 0.25) is 0 Å². The fourth-order valence-corrected chi connectivity index (χ4v) is 1.55. The van der Waals surface area contributed by atoms with E-state index in [1.165, 1.54) is 0 Å². The molecule has 1 heterocycles. The van der Waals surface area contributed by atoms with E-state index < -0.39 is 0 Å². The highest BCUT2D eigenvalue weighted by Gasteiger charge is 2.25. The third kappa shape index (κ3) is 2.99. The molecule has 13 heavy (non-hydrogen) atoms. The van der Waals surface area contributed by atoms with Gasteiger partial charge in [-0.1, -0.05) is 6.92 Å².